The van der Waals surface area contributed by atoms with Crippen molar-refractivity contribution in [2.75, 3.05) is 37.7 Å². The second-order valence-electron chi connectivity index (χ2n) is 7.17. The van der Waals surface area contributed by atoms with E-state index in [0.717, 1.165) is 34.9 Å². The van der Waals surface area contributed by atoms with E-state index in [-0.39, 0.29) is 12.5 Å². The maximum atomic E-state index is 13.3. The number of anilines is 1. The Labute approximate surface area is 175 Å². The molecule has 0 radical (unpaired) electrons. The number of rotatable bonds is 5. The highest BCUT2D eigenvalue weighted by atomic mass is 35.5. The molecule has 1 aromatic heterocycles. The van der Waals surface area contributed by atoms with Crippen LogP contribution in [-0.4, -0.2) is 53.3 Å². The number of carbonyl (C=O) groups is 1. The van der Waals surface area contributed by atoms with Crippen LogP contribution in [0.1, 0.15) is 10.4 Å². The molecule has 1 aliphatic heterocycles. The van der Waals surface area contributed by atoms with Crippen molar-refractivity contribution in [2.45, 2.75) is 6.54 Å². The van der Waals surface area contributed by atoms with Gasteiger partial charge in [0.2, 0.25) is 0 Å². The number of aromatic nitrogens is 1. The van der Waals surface area contributed by atoms with Crippen LogP contribution >= 0.6 is 11.6 Å². The highest BCUT2D eigenvalue weighted by molar-refractivity contribution is 6.30. The summed E-state index contributed by atoms with van der Waals surface area (Å²) in [5, 5.41) is 10.0. The van der Waals surface area contributed by atoms with Crippen LogP contribution in [0.2, 0.25) is 5.02 Å². The minimum atomic E-state index is 0.0336. The number of aliphatic hydroxyl groups excluding tert-OH is 1. The zero-order chi connectivity index (χ0) is 20.2. The molecule has 0 atom stereocenters. The Kier molecular flexibility index (Phi) is 5.88. The normalized spacial score (nSPS) is 14.3. The number of aliphatic hydroxyl groups is 1. The molecule has 0 bridgehead atoms. The fourth-order valence-electron chi connectivity index (χ4n) is 3.78. The molecular formula is C23H24ClN3O2. The molecule has 5 nitrogen and oxygen atoms in total. The quantitative estimate of drug-likeness (QED) is 0.698. The second kappa shape index (κ2) is 8.72. The average molecular weight is 410 g/mol. The summed E-state index contributed by atoms with van der Waals surface area (Å²) < 4.78 is 1.89. The van der Waals surface area contributed by atoms with Crippen molar-refractivity contribution in [3.8, 4) is 11.1 Å². The summed E-state index contributed by atoms with van der Waals surface area (Å²) in [5.41, 5.74) is 3.68. The Balaban J connectivity index is 1.53. The Bertz CT molecular complexity index is 979. The number of hydrogen-bond donors (Lipinski definition) is 1. The van der Waals surface area contributed by atoms with E-state index in [9.17, 15) is 9.90 Å². The molecule has 3 aromatic rings. The zero-order valence-electron chi connectivity index (χ0n) is 16.2. The van der Waals surface area contributed by atoms with Crippen LogP contribution in [0.3, 0.4) is 0 Å². The Hall–Kier alpha value is -2.76. The van der Waals surface area contributed by atoms with Crippen LogP contribution in [0, 0.1) is 0 Å². The topological polar surface area (TPSA) is 48.7 Å². The standard InChI is InChI=1S/C23H24ClN3O2/c24-19-7-4-8-20(15-19)26-9-11-27(12-10-26)23(29)22-17-25(13-14-28)16-21(22)18-5-2-1-3-6-18/h1-8,15-17,28H,9-14H2. The SMILES string of the molecule is O=C(c1cn(CCO)cc1-c1ccccc1)N1CCN(c2cccc(Cl)c2)CC1. The average Bonchev–Trinajstić information content (AvgIpc) is 3.18. The van der Waals surface area contributed by atoms with E-state index in [0.29, 0.717) is 25.2 Å². The molecule has 1 aliphatic rings. The van der Waals surface area contributed by atoms with Crippen molar-refractivity contribution in [2.24, 2.45) is 0 Å². The third-order valence-corrected chi connectivity index (χ3v) is 5.53. The number of halogens is 1. The molecule has 29 heavy (non-hydrogen) atoms. The maximum absolute atomic E-state index is 13.3. The summed E-state index contributed by atoms with van der Waals surface area (Å²) in [6.45, 7) is 3.36. The predicted molar refractivity (Wildman–Crippen MR) is 117 cm³/mol. The van der Waals surface area contributed by atoms with Gasteiger partial charge in [0.15, 0.2) is 0 Å². The largest absolute Gasteiger partial charge is 0.395 e. The van der Waals surface area contributed by atoms with Crippen LogP contribution < -0.4 is 4.90 Å². The Morgan fingerprint density at radius 2 is 1.72 bits per heavy atom. The van der Waals surface area contributed by atoms with Crippen LogP contribution in [0.15, 0.2) is 67.0 Å². The summed E-state index contributed by atoms with van der Waals surface area (Å²) in [5.74, 6) is 0.0336. The van der Waals surface area contributed by atoms with Gasteiger partial charge in [-0.2, -0.15) is 0 Å². The van der Waals surface area contributed by atoms with Crippen LogP contribution in [0.5, 0.6) is 0 Å². The first-order valence-electron chi connectivity index (χ1n) is 9.81. The first-order valence-corrected chi connectivity index (χ1v) is 10.2. The molecule has 0 spiro atoms. The van der Waals surface area contributed by atoms with Gasteiger partial charge in [0, 0.05) is 61.4 Å². The summed E-state index contributed by atoms with van der Waals surface area (Å²) >= 11 is 6.12. The van der Waals surface area contributed by atoms with Crippen molar-refractivity contribution in [3.05, 3.63) is 77.6 Å². The van der Waals surface area contributed by atoms with Gasteiger partial charge in [0.25, 0.3) is 5.91 Å². The molecule has 150 valence electrons. The van der Waals surface area contributed by atoms with E-state index < -0.39 is 0 Å². The van der Waals surface area contributed by atoms with Gasteiger partial charge in [0.1, 0.15) is 0 Å². The molecule has 1 amide bonds. The lowest BCUT2D eigenvalue weighted by Gasteiger charge is -2.36. The molecule has 1 saturated heterocycles. The fourth-order valence-corrected chi connectivity index (χ4v) is 3.97. The molecule has 0 saturated carbocycles. The van der Waals surface area contributed by atoms with Crippen molar-refractivity contribution in [1.82, 2.24) is 9.47 Å². The van der Waals surface area contributed by atoms with Gasteiger partial charge in [-0.1, -0.05) is 48.0 Å². The lowest BCUT2D eigenvalue weighted by Crippen LogP contribution is -2.48. The number of piperazine rings is 1. The van der Waals surface area contributed by atoms with E-state index in [1.165, 1.54) is 0 Å². The van der Waals surface area contributed by atoms with Gasteiger partial charge in [-0.3, -0.25) is 4.79 Å². The predicted octanol–water partition coefficient (Wildman–Crippen LogP) is 3.76. The second-order valence-corrected chi connectivity index (χ2v) is 7.61. The van der Waals surface area contributed by atoms with Crippen LogP contribution in [0.4, 0.5) is 5.69 Å². The molecule has 0 aliphatic carbocycles. The van der Waals surface area contributed by atoms with E-state index in [2.05, 4.69) is 4.90 Å². The summed E-state index contributed by atoms with van der Waals surface area (Å²) in [6.07, 6.45) is 3.80. The lowest BCUT2D eigenvalue weighted by atomic mass is 10.0. The molecule has 4 rings (SSSR count). The number of nitrogens with zero attached hydrogens (tertiary/aromatic N) is 3. The van der Waals surface area contributed by atoms with Gasteiger partial charge in [-0.25, -0.2) is 0 Å². The van der Waals surface area contributed by atoms with Crippen molar-refractivity contribution < 1.29 is 9.90 Å². The minimum absolute atomic E-state index is 0.0336. The van der Waals surface area contributed by atoms with Gasteiger partial charge in [-0.05, 0) is 23.8 Å². The van der Waals surface area contributed by atoms with Gasteiger partial charge in [0.05, 0.1) is 12.2 Å². The smallest absolute Gasteiger partial charge is 0.256 e. The monoisotopic (exact) mass is 409 g/mol. The molecular weight excluding hydrogens is 386 g/mol. The molecule has 1 N–H and O–H groups in total. The summed E-state index contributed by atoms with van der Waals surface area (Å²) in [4.78, 5) is 17.5. The highest BCUT2D eigenvalue weighted by Gasteiger charge is 2.25. The Morgan fingerprint density at radius 3 is 2.41 bits per heavy atom. The van der Waals surface area contributed by atoms with Gasteiger partial charge >= 0.3 is 0 Å². The summed E-state index contributed by atoms with van der Waals surface area (Å²) in [7, 11) is 0. The number of hydrogen-bond acceptors (Lipinski definition) is 3. The third-order valence-electron chi connectivity index (χ3n) is 5.29. The van der Waals surface area contributed by atoms with E-state index >= 15 is 0 Å². The number of amides is 1. The van der Waals surface area contributed by atoms with Crippen molar-refractivity contribution in [1.29, 1.82) is 0 Å². The molecule has 2 aromatic carbocycles. The first kappa shape index (κ1) is 19.6. The van der Waals surface area contributed by atoms with E-state index in [4.69, 9.17) is 11.6 Å². The van der Waals surface area contributed by atoms with Crippen molar-refractivity contribution >= 4 is 23.2 Å². The number of carbonyl (C=O) groups excluding carboxylic acids is 1. The molecule has 0 unspecified atom stereocenters. The van der Waals surface area contributed by atoms with Gasteiger partial charge < -0.3 is 19.5 Å². The van der Waals surface area contributed by atoms with Crippen molar-refractivity contribution in [3.63, 3.8) is 0 Å². The van der Waals surface area contributed by atoms with Crippen LogP contribution in [0.25, 0.3) is 11.1 Å². The minimum Gasteiger partial charge on any atom is -0.395 e. The maximum Gasteiger partial charge on any atom is 0.256 e. The lowest BCUT2D eigenvalue weighted by molar-refractivity contribution is 0.0747. The van der Waals surface area contributed by atoms with Crippen LogP contribution in [-0.2, 0) is 6.54 Å². The first-order chi connectivity index (χ1) is 14.2. The van der Waals surface area contributed by atoms with Gasteiger partial charge in [-0.15, -0.1) is 0 Å². The zero-order valence-corrected chi connectivity index (χ0v) is 16.9. The van der Waals surface area contributed by atoms with E-state index in [1.807, 2.05) is 76.5 Å². The summed E-state index contributed by atoms with van der Waals surface area (Å²) in [6, 6.07) is 17.7. The van der Waals surface area contributed by atoms with E-state index in [1.54, 1.807) is 0 Å². The third kappa shape index (κ3) is 4.31. The molecule has 1 fully saturated rings. The highest BCUT2D eigenvalue weighted by Crippen LogP contribution is 2.27. The molecule has 6 heteroatoms. The Morgan fingerprint density at radius 1 is 0.966 bits per heavy atom. The number of benzene rings is 2. The fraction of sp³-hybridized carbons (Fsp3) is 0.261. The molecule has 2 heterocycles.